The average molecular weight is 522 g/mol. The van der Waals surface area contributed by atoms with Gasteiger partial charge in [-0.15, -0.1) is 0 Å². The molecule has 0 atom stereocenters. The Bertz CT molecular complexity index is 1100. The monoisotopic (exact) mass is 521 g/mol. The molecule has 4 rings (SSSR count). The van der Waals surface area contributed by atoms with E-state index in [4.69, 9.17) is 14.2 Å². The third kappa shape index (κ3) is 4.38. The van der Waals surface area contributed by atoms with E-state index >= 15 is 0 Å². The van der Waals surface area contributed by atoms with Crippen LogP contribution in [0.1, 0.15) is 5.56 Å². The standard InChI is InChI=1S/C28H27BrO3P/c1-30-25-19-21(26(29)28(32-3)27(25)31-2)20-33(22-13-7-4-8-14-22,23-15-9-5-10-16-23)24-17-11-6-12-18-24/h4-19H,20H2,1-3H3/q+1. The average Bonchev–Trinajstić information content (AvgIpc) is 2.89. The van der Waals surface area contributed by atoms with Crippen LogP contribution < -0.4 is 30.1 Å². The van der Waals surface area contributed by atoms with Crippen LogP contribution in [0, 0.1) is 0 Å². The van der Waals surface area contributed by atoms with E-state index in [1.54, 1.807) is 21.3 Å². The zero-order valence-electron chi connectivity index (χ0n) is 19.0. The maximum Gasteiger partial charge on any atom is 0.204 e. The molecule has 0 saturated carbocycles. The molecule has 0 aliphatic heterocycles. The van der Waals surface area contributed by atoms with Crippen molar-refractivity contribution in [3.8, 4) is 17.2 Å². The van der Waals surface area contributed by atoms with Gasteiger partial charge < -0.3 is 14.2 Å². The van der Waals surface area contributed by atoms with Crippen molar-refractivity contribution >= 4 is 39.1 Å². The Kier molecular flexibility index (Phi) is 7.37. The SMILES string of the molecule is COc1cc(C[P+](c2ccccc2)(c2ccccc2)c2ccccc2)c(Br)c(OC)c1OC. The highest BCUT2D eigenvalue weighted by atomic mass is 79.9. The molecular weight excluding hydrogens is 495 g/mol. The van der Waals surface area contributed by atoms with Gasteiger partial charge in [-0.05, 0) is 58.4 Å². The molecule has 168 valence electrons. The lowest BCUT2D eigenvalue weighted by atomic mass is 10.2. The second kappa shape index (κ2) is 10.4. The number of methoxy groups -OCH3 is 3. The van der Waals surface area contributed by atoms with Crippen LogP contribution in [0.15, 0.2) is 102 Å². The number of hydrogen-bond acceptors (Lipinski definition) is 3. The van der Waals surface area contributed by atoms with Gasteiger partial charge in [-0.3, -0.25) is 0 Å². The molecule has 0 aliphatic carbocycles. The summed E-state index contributed by atoms with van der Waals surface area (Å²) in [4.78, 5) is 0. The molecule has 0 spiro atoms. The molecule has 0 aromatic heterocycles. The van der Waals surface area contributed by atoms with Gasteiger partial charge in [-0.2, -0.15) is 0 Å². The summed E-state index contributed by atoms with van der Waals surface area (Å²) in [5.41, 5.74) is 1.11. The van der Waals surface area contributed by atoms with Crippen molar-refractivity contribution in [2.45, 2.75) is 6.16 Å². The molecule has 0 aliphatic rings. The van der Waals surface area contributed by atoms with Gasteiger partial charge in [0.25, 0.3) is 0 Å². The third-order valence-corrected chi connectivity index (χ3v) is 11.1. The van der Waals surface area contributed by atoms with E-state index in [9.17, 15) is 0 Å². The molecule has 4 aromatic carbocycles. The third-order valence-electron chi connectivity index (χ3n) is 5.84. The molecule has 0 N–H and O–H groups in total. The number of hydrogen-bond donors (Lipinski definition) is 0. The minimum atomic E-state index is -2.07. The highest BCUT2D eigenvalue weighted by molar-refractivity contribution is 9.10. The van der Waals surface area contributed by atoms with Gasteiger partial charge in [0, 0.05) is 5.56 Å². The molecule has 0 fully saturated rings. The molecule has 0 bridgehead atoms. The second-order valence-electron chi connectivity index (χ2n) is 7.59. The zero-order chi connectivity index (χ0) is 23.3. The number of halogens is 1. The fraction of sp³-hybridized carbons (Fsp3) is 0.143. The number of benzene rings is 4. The van der Waals surface area contributed by atoms with Gasteiger partial charge in [0.05, 0.1) is 32.0 Å². The van der Waals surface area contributed by atoms with E-state index in [2.05, 4.69) is 113 Å². The summed E-state index contributed by atoms with van der Waals surface area (Å²) in [7, 11) is 2.87. The van der Waals surface area contributed by atoms with Crippen molar-refractivity contribution in [3.05, 3.63) is 107 Å². The Morgan fingerprint density at radius 1 is 0.606 bits per heavy atom. The van der Waals surface area contributed by atoms with Crippen LogP contribution in [0.5, 0.6) is 17.2 Å². The van der Waals surface area contributed by atoms with Crippen LogP contribution >= 0.6 is 23.2 Å². The van der Waals surface area contributed by atoms with Crippen molar-refractivity contribution < 1.29 is 14.2 Å². The van der Waals surface area contributed by atoms with Crippen molar-refractivity contribution in [1.29, 1.82) is 0 Å². The van der Waals surface area contributed by atoms with Gasteiger partial charge in [-0.25, -0.2) is 0 Å². The summed E-state index contributed by atoms with van der Waals surface area (Å²) in [5.74, 6) is 1.87. The van der Waals surface area contributed by atoms with Crippen LogP contribution in [0.3, 0.4) is 0 Å². The lowest BCUT2D eigenvalue weighted by Gasteiger charge is -2.28. The summed E-state index contributed by atoms with van der Waals surface area (Å²) in [5, 5.41) is 3.97. The Hall–Kier alpha value is -2.81. The quantitative estimate of drug-likeness (QED) is 0.267. The van der Waals surface area contributed by atoms with E-state index in [0.717, 1.165) is 16.2 Å². The first-order chi connectivity index (χ1) is 16.2. The van der Waals surface area contributed by atoms with Crippen LogP contribution in [-0.2, 0) is 6.16 Å². The Balaban J connectivity index is 2.04. The first-order valence-electron chi connectivity index (χ1n) is 10.7. The topological polar surface area (TPSA) is 27.7 Å². The molecule has 0 saturated heterocycles. The fourth-order valence-electron chi connectivity index (χ4n) is 4.31. The summed E-state index contributed by atoms with van der Waals surface area (Å²) >= 11 is 3.82. The molecule has 0 heterocycles. The molecule has 0 radical (unpaired) electrons. The predicted molar refractivity (Wildman–Crippen MR) is 143 cm³/mol. The normalized spacial score (nSPS) is 11.2. The molecule has 33 heavy (non-hydrogen) atoms. The molecule has 3 nitrogen and oxygen atoms in total. The van der Waals surface area contributed by atoms with Gasteiger partial charge in [-0.1, -0.05) is 54.6 Å². The lowest BCUT2D eigenvalue weighted by Crippen LogP contribution is -2.32. The largest absolute Gasteiger partial charge is 0.493 e. The second-order valence-corrected chi connectivity index (χ2v) is 11.9. The van der Waals surface area contributed by atoms with E-state index in [-0.39, 0.29) is 0 Å². The van der Waals surface area contributed by atoms with Gasteiger partial charge in [0.2, 0.25) is 5.75 Å². The maximum absolute atomic E-state index is 5.74. The van der Waals surface area contributed by atoms with Crippen LogP contribution in [0.4, 0.5) is 0 Å². The number of ether oxygens (including phenoxy) is 3. The van der Waals surface area contributed by atoms with Crippen LogP contribution in [0.2, 0.25) is 0 Å². The van der Waals surface area contributed by atoms with Crippen LogP contribution in [-0.4, -0.2) is 21.3 Å². The van der Waals surface area contributed by atoms with Crippen molar-refractivity contribution in [3.63, 3.8) is 0 Å². The highest BCUT2D eigenvalue weighted by Crippen LogP contribution is 2.60. The van der Waals surface area contributed by atoms with Gasteiger partial charge in [0.15, 0.2) is 11.5 Å². The van der Waals surface area contributed by atoms with Crippen molar-refractivity contribution in [2.24, 2.45) is 0 Å². The first kappa shape index (κ1) is 23.4. The Morgan fingerprint density at radius 2 is 1.03 bits per heavy atom. The summed E-state index contributed by atoms with van der Waals surface area (Å²) in [6.07, 6.45) is 0.794. The van der Waals surface area contributed by atoms with Crippen LogP contribution in [0.25, 0.3) is 0 Å². The molecule has 4 aromatic rings. The summed E-state index contributed by atoms with van der Waals surface area (Å²) < 4.78 is 17.9. The first-order valence-corrected chi connectivity index (χ1v) is 13.4. The molecule has 0 amide bonds. The smallest absolute Gasteiger partial charge is 0.204 e. The Morgan fingerprint density at radius 3 is 1.39 bits per heavy atom. The summed E-state index contributed by atoms with van der Waals surface area (Å²) in [6.45, 7) is 0. The highest BCUT2D eigenvalue weighted by Gasteiger charge is 2.46. The van der Waals surface area contributed by atoms with Gasteiger partial charge in [0.1, 0.15) is 23.2 Å². The minimum absolute atomic E-state index is 0.582. The van der Waals surface area contributed by atoms with Gasteiger partial charge >= 0.3 is 0 Å². The fourth-order valence-corrected chi connectivity index (χ4v) is 9.37. The maximum atomic E-state index is 5.74. The zero-order valence-corrected chi connectivity index (χ0v) is 21.5. The number of rotatable bonds is 8. The minimum Gasteiger partial charge on any atom is -0.493 e. The van der Waals surface area contributed by atoms with E-state index in [0.29, 0.717) is 17.2 Å². The van der Waals surface area contributed by atoms with E-state index in [1.807, 2.05) is 0 Å². The molecular formula is C28H27BrO3P+. The Labute approximate surface area is 204 Å². The van der Waals surface area contributed by atoms with E-state index < -0.39 is 7.26 Å². The lowest BCUT2D eigenvalue weighted by molar-refractivity contribution is 0.322. The van der Waals surface area contributed by atoms with Crippen molar-refractivity contribution in [1.82, 2.24) is 0 Å². The van der Waals surface area contributed by atoms with E-state index in [1.165, 1.54) is 15.9 Å². The molecule has 5 heteroatoms. The predicted octanol–water partition coefficient (Wildman–Crippen LogP) is 5.97. The molecule has 0 unspecified atom stereocenters. The van der Waals surface area contributed by atoms with Crippen molar-refractivity contribution in [2.75, 3.05) is 21.3 Å². The summed E-state index contributed by atoms with van der Waals surface area (Å²) in [6, 6.07) is 34.5.